The van der Waals surface area contributed by atoms with E-state index in [1.807, 2.05) is 26.0 Å². The molecule has 0 aliphatic carbocycles. The van der Waals surface area contributed by atoms with Gasteiger partial charge in [-0.3, -0.25) is 0 Å². The molecule has 0 heterocycles. The third-order valence-electron chi connectivity index (χ3n) is 1.92. The van der Waals surface area contributed by atoms with Crippen molar-refractivity contribution >= 4 is 17.6 Å². The van der Waals surface area contributed by atoms with Gasteiger partial charge in [0.1, 0.15) is 5.75 Å². The number of aryl methyl sites for hydroxylation is 2. The Balaban J connectivity index is 3.27. The molecule has 1 aromatic carbocycles. The van der Waals surface area contributed by atoms with Crippen molar-refractivity contribution in [1.82, 2.24) is 0 Å². The lowest BCUT2D eigenvalue weighted by molar-refractivity contribution is 0.414. The van der Waals surface area contributed by atoms with Crippen LogP contribution in [0.1, 0.15) is 16.7 Å². The first-order valence-corrected chi connectivity index (χ1v) is 4.26. The van der Waals surface area contributed by atoms with Crippen molar-refractivity contribution in [2.45, 2.75) is 13.8 Å². The molecule has 0 spiro atoms. The van der Waals surface area contributed by atoms with E-state index in [1.54, 1.807) is 12.5 Å². The van der Waals surface area contributed by atoms with E-state index >= 15 is 0 Å². The third-order valence-corrected chi connectivity index (χ3v) is 2.16. The summed E-state index contributed by atoms with van der Waals surface area (Å²) in [6.07, 6.45) is 0. The first-order chi connectivity index (χ1) is 5.69. The predicted molar refractivity (Wildman–Crippen MR) is 55.2 cm³/mol. The Labute approximate surface area is 78.4 Å². The van der Waals surface area contributed by atoms with Crippen LogP contribution in [0.2, 0.25) is 0 Å². The lowest BCUT2D eigenvalue weighted by Crippen LogP contribution is -1.92. The number of ether oxygens (including phenoxy) is 1. The fourth-order valence-electron chi connectivity index (χ4n) is 1.24. The van der Waals surface area contributed by atoms with E-state index in [4.69, 9.17) is 17.0 Å². The highest BCUT2D eigenvalue weighted by atomic mass is 32.1. The predicted octanol–water partition coefficient (Wildman–Crippen LogP) is 2.66. The fraction of sp³-hybridized carbons (Fsp3) is 0.300. The molecule has 0 aliphatic heterocycles. The molecule has 0 aliphatic rings. The Morgan fingerprint density at radius 1 is 1.25 bits per heavy atom. The number of hydrogen-bond donors (Lipinski definition) is 0. The number of benzene rings is 1. The lowest BCUT2D eigenvalue weighted by Gasteiger charge is -2.07. The number of methoxy groups -OCH3 is 1. The highest BCUT2D eigenvalue weighted by Gasteiger charge is 2.01. The van der Waals surface area contributed by atoms with Gasteiger partial charge in [-0.2, -0.15) is 0 Å². The zero-order valence-corrected chi connectivity index (χ0v) is 8.37. The first-order valence-electron chi connectivity index (χ1n) is 3.79. The zero-order chi connectivity index (χ0) is 9.14. The average Bonchev–Trinajstić information content (AvgIpc) is 2.03. The Morgan fingerprint density at radius 3 is 2.08 bits per heavy atom. The molecule has 0 bridgehead atoms. The van der Waals surface area contributed by atoms with Crippen LogP contribution in [0.25, 0.3) is 0 Å². The van der Waals surface area contributed by atoms with Crippen molar-refractivity contribution in [2.75, 3.05) is 7.11 Å². The summed E-state index contributed by atoms with van der Waals surface area (Å²) < 4.78 is 5.13. The monoisotopic (exact) mass is 180 g/mol. The Hall–Kier alpha value is -0.890. The normalized spacial score (nSPS) is 9.58. The molecule has 0 amide bonds. The molecule has 0 N–H and O–H groups in total. The Bertz CT molecular complexity index is 282. The Kier molecular flexibility index (Phi) is 2.82. The van der Waals surface area contributed by atoms with Gasteiger partial charge in [0.2, 0.25) is 0 Å². The topological polar surface area (TPSA) is 9.23 Å². The van der Waals surface area contributed by atoms with Crippen LogP contribution in [0, 0.1) is 13.8 Å². The summed E-state index contributed by atoms with van der Waals surface area (Å²) in [4.78, 5) is 0. The Morgan fingerprint density at radius 2 is 1.75 bits per heavy atom. The van der Waals surface area contributed by atoms with Gasteiger partial charge < -0.3 is 4.74 Å². The van der Waals surface area contributed by atoms with Gasteiger partial charge in [-0.05, 0) is 42.7 Å². The van der Waals surface area contributed by atoms with Crippen LogP contribution in [-0.4, -0.2) is 12.5 Å². The van der Waals surface area contributed by atoms with Crippen molar-refractivity contribution in [1.29, 1.82) is 0 Å². The largest absolute Gasteiger partial charge is 0.497 e. The number of hydrogen-bond acceptors (Lipinski definition) is 2. The quantitative estimate of drug-likeness (QED) is 0.647. The van der Waals surface area contributed by atoms with Crippen molar-refractivity contribution in [3.05, 3.63) is 28.8 Å². The molecule has 0 aromatic heterocycles. The second-order valence-corrected chi connectivity index (χ2v) is 3.03. The maximum Gasteiger partial charge on any atom is 0.119 e. The van der Waals surface area contributed by atoms with Gasteiger partial charge in [0.25, 0.3) is 0 Å². The zero-order valence-electron chi connectivity index (χ0n) is 7.55. The molecular weight excluding hydrogens is 168 g/mol. The summed E-state index contributed by atoms with van der Waals surface area (Å²) in [5, 5.41) is 1.71. The van der Waals surface area contributed by atoms with E-state index in [0.717, 1.165) is 11.3 Å². The molecule has 12 heavy (non-hydrogen) atoms. The van der Waals surface area contributed by atoms with Gasteiger partial charge in [0, 0.05) is 5.37 Å². The molecule has 0 fully saturated rings. The summed E-state index contributed by atoms with van der Waals surface area (Å²) in [6.45, 7) is 4.07. The summed E-state index contributed by atoms with van der Waals surface area (Å²) >= 11 is 4.91. The van der Waals surface area contributed by atoms with E-state index in [1.165, 1.54) is 11.1 Å². The molecule has 0 saturated carbocycles. The lowest BCUT2D eigenvalue weighted by atomic mass is 10.0. The molecule has 64 valence electrons. The van der Waals surface area contributed by atoms with Crippen molar-refractivity contribution in [3.63, 3.8) is 0 Å². The van der Waals surface area contributed by atoms with E-state index in [2.05, 4.69) is 0 Å². The molecule has 1 aromatic rings. The summed E-state index contributed by atoms with van der Waals surface area (Å²) in [5.74, 6) is 0.894. The average molecular weight is 180 g/mol. The van der Waals surface area contributed by atoms with Gasteiger partial charge >= 0.3 is 0 Å². The van der Waals surface area contributed by atoms with Gasteiger partial charge in [-0.15, -0.1) is 0 Å². The van der Waals surface area contributed by atoms with Gasteiger partial charge in [-0.1, -0.05) is 12.2 Å². The summed E-state index contributed by atoms with van der Waals surface area (Å²) in [6, 6.07) is 3.98. The van der Waals surface area contributed by atoms with Crippen molar-refractivity contribution in [2.24, 2.45) is 0 Å². The highest BCUT2D eigenvalue weighted by molar-refractivity contribution is 7.79. The van der Waals surface area contributed by atoms with E-state index in [9.17, 15) is 0 Å². The minimum Gasteiger partial charge on any atom is -0.497 e. The van der Waals surface area contributed by atoms with Crippen LogP contribution in [0.5, 0.6) is 5.75 Å². The van der Waals surface area contributed by atoms with Crippen LogP contribution in [-0.2, 0) is 0 Å². The molecule has 1 rings (SSSR count). The molecule has 0 radical (unpaired) electrons. The molecule has 2 heteroatoms. The van der Waals surface area contributed by atoms with Crippen LogP contribution < -0.4 is 4.74 Å². The van der Waals surface area contributed by atoms with E-state index in [0.29, 0.717) is 0 Å². The maximum atomic E-state index is 5.13. The van der Waals surface area contributed by atoms with Gasteiger partial charge in [0.15, 0.2) is 0 Å². The third kappa shape index (κ3) is 1.64. The van der Waals surface area contributed by atoms with Crippen molar-refractivity contribution in [3.8, 4) is 5.75 Å². The van der Waals surface area contributed by atoms with Crippen LogP contribution >= 0.6 is 12.2 Å². The highest BCUT2D eigenvalue weighted by Crippen LogP contribution is 2.19. The van der Waals surface area contributed by atoms with Gasteiger partial charge in [-0.25, -0.2) is 0 Å². The first kappa shape index (κ1) is 9.20. The molecule has 0 atom stereocenters. The van der Waals surface area contributed by atoms with Crippen LogP contribution in [0.3, 0.4) is 0 Å². The summed E-state index contributed by atoms with van der Waals surface area (Å²) in [7, 11) is 1.67. The second kappa shape index (κ2) is 3.68. The molecular formula is C10H12OS. The van der Waals surface area contributed by atoms with Gasteiger partial charge in [0.05, 0.1) is 7.11 Å². The van der Waals surface area contributed by atoms with Crippen LogP contribution in [0.15, 0.2) is 12.1 Å². The SMILES string of the molecule is COc1cc(C)c(C=S)c(C)c1. The minimum atomic E-state index is 0.894. The molecule has 1 nitrogen and oxygen atoms in total. The minimum absolute atomic E-state index is 0.894. The standard InChI is InChI=1S/C10H12OS/c1-7-4-9(11-3)5-8(2)10(7)6-12/h4-6H,1-3H3. The summed E-state index contributed by atoms with van der Waals surface area (Å²) in [5.41, 5.74) is 3.47. The number of rotatable bonds is 2. The molecule has 0 saturated heterocycles. The number of thiocarbonyl (C=S) groups is 1. The van der Waals surface area contributed by atoms with E-state index < -0.39 is 0 Å². The smallest absolute Gasteiger partial charge is 0.119 e. The second-order valence-electron chi connectivity index (χ2n) is 2.79. The molecule has 0 unspecified atom stereocenters. The maximum absolute atomic E-state index is 5.13. The van der Waals surface area contributed by atoms with Crippen molar-refractivity contribution < 1.29 is 4.74 Å². The van der Waals surface area contributed by atoms with Crippen LogP contribution in [0.4, 0.5) is 0 Å². The fourth-order valence-corrected chi connectivity index (χ4v) is 1.61. The van der Waals surface area contributed by atoms with E-state index in [-0.39, 0.29) is 0 Å².